The molecule has 0 spiro atoms. The molecular formula is C17H15N3O2. The fourth-order valence-corrected chi connectivity index (χ4v) is 2.47. The molecule has 0 unspecified atom stereocenters. The lowest BCUT2D eigenvalue weighted by molar-refractivity contribution is 0.478. The van der Waals surface area contributed by atoms with Crippen molar-refractivity contribution in [2.75, 3.05) is 0 Å². The van der Waals surface area contributed by atoms with Gasteiger partial charge < -0.3 is 9.67 Å². The van der Waals surface area contributed by atoms with E-state index in [2.05, 4.69) is 9.98 Å². The molecule has 0 aliphatic carbocycles. The van der Waals surface area contributed by atoms with E-state index in [0.717, 1.165) is 0 Å². The molecule has 0 radical (unpaired) electrons. The van der Waals surface area contributed by atoms with Crippen LogP contribution in [0.3, 0.4) is 0 Å². The van der Waals surface area contributed by atoms with Crippen LogP contribution in [0, 0.1) is 0 Å². The Hall–Kier alpha value is -2.95. The van der Waals surface area contributed by atoms with E-state index in [0.29, 0.717) is 22.3 Å². The Balaban J connectivity index is 2.28. The summed E-state index contributed by atoms with van der Waals surface area (Å²) in [5.41, 5.74) is 1.71. The fourth-order valence-electron chi connectivity index (χ4n) is 2.47. The monoisotopic (exact) mass is 293 g/mol. The zero-order chi connectivity index (χ0) is 15.7. The van der Waals surface area contributed by atoms with Crippen molar-refractivity contribution in [1.82, 2.24) is 9.55 Å². The third kappa shape index (κ3) is 2.26. The Morgan fingerprint density at radius 3 is 2.73 bits per heavy atom. The van der Waals surface area contributed by atoms with E-state index in [-0.39, 0.29) is 16.9 Å². The average Bonchev–Trinajstić information content (AvgIpc) is 2.54. The molecular weight excluding hydrogens is 278 g/mol. The van der Waals surface area contributed by atoms with E-state index in [1.165, 1.54) is 4.57 Å². The SMILES string of the molecule is CC(=Nc1cccnc1)c1c(O)c2ccccc2n(C)c1=O. The lowest BCUT2D eigenvalue weighted by Crippen LogP contribution is -2.24. The van der Waals surface area contributed by atoms with Crippen molar-refractivity contribution in [3.8, 4) is 5.75 Å². The van der Waals surface area contributed by atoms with E-state index in [1.807, 2.05) is 12.1 Å². The van der Waals surface area contributed by atoms with Crippen LogP contribution in [0.2, 0.25) is 0 Å². The van der Waals surface area contributed by atoms with Crippen LogP contribution in [0.25, 0.3) is 10.9 Å². The number of aromatic nitrogens is 2. The third-order valence-electron chi connectivity index (χ3n) is 3.58. The number of benzene rings is 1. The standard InChI is InChI=1S/C17H15N3O2/c1-11(19-12-6-5-9-18-10-12)15-16(21)13-7-3-4-8-14(13)20(2)17(15)22/h3-10,21H,1-2H3. The molecule has 3 aromatic rings. The van der Waals surface area contributed by atoms with Gasteiger partial charge >= 0.3 is 0 Å². The molecule has 0 fully saturated rings. The number of nitrogens with zero attached hydrogens (tertiary/aromatic N) is 3. The van der Waals surface area contributed by atoms with Crippen molar-refractivity contribution in [3.05, 3.63) is 64.7 Å². The van der Waals surface area contributed by atoms with Crippen LogP contribution >= 0.6 is 0 Å². The Morgan fingerprint density at radius 2 is 2.00 bits per heavy atom. The van der Waals surface area contributed by atoms with Crippen molar-refractivity contribution in [3.63, 3.8) is 0 Å². The predicted molar refractivity (Wildman–Crippen MR) is 87.0 cm³/mol. The number of fused-ring (bicyclic) bond motifs is 1. The maximum Gasteiger partial charge on any atom is 0.263 e. The largest absolute Gasteiger partial charge is 0.506 e. The highest BCUT2D eigenvalue weighted by Gasteiger charge is 2.16. The Bertz CT molecular complexity index is 928. The number of pyridine rings is 2. The third-order valence-corrected chi connectivity index (χ3v) is 3.58. The first-order valence-corrected chi connectivity index (χ1v) is 6.86. The highest BCUT2D eigenvalue weighted by Crippen LogP contribution is 2.26. The number of hydrogen-bond donors (Lipinski definition) is 1. The van der Waals surface area contributed by atoms with Crippen LogP contribution in [0.15, 0.2) is 58.6 Å². The van der Waals surface area contributed by atoms with Gasteiger partial charge in [0.2, 0.25) is 0 Å². The lowest BCUT2D eigenvalue weighted by Gasteiger charge is -2.11. The molecule has 0 saturated carbocycles. The van der Waals surface area contributed by atoms with Gasteiger partial charge in [-0.05, 0) is 31.2 Å². The summed E-state index contributed by atoms with van der Waals surface area (Å²) >= 11 is 0. The minimum Gasteiger partial charge on any atom is -0.506 e. The minimum atomic E-state index is -0.277. The van der Waals surface area contributed by atoms with Crippen LogP contribution in [0.1, 0.15) is 12.5 Å². The summed E-state index contributed by atoms with van der Waals surface area (Å²) in [4.78, 5) is 20.9. The van der Waals surface area contributed by atoms with Gasteiger partial charge in [0.25, 0.3) is 5.56 Å². The van der Waals surface area contributed by atoms with Gasteiger partial charge in [0, 0.05) is 18.6 Å². The lowest BCUT2D eigenvalue weighted by atomic mass is 10.1. The van der Waals surface area contributed by atoms with E-state index in [9.17, 15) is 9.90 Å². The van der Waals surface area contributed by atoms with Crippen LogP contribution in [0.4, 0.5) is 5.69 Å². The quantitative estimate of drug-likeness (QED) is 0.739. The van der Waals surface area contributed by atoms with Gasteiger partial charge in [0.15, 0.2) is 0 Å². The second kappa shape index (κ2) is 5.44. The molecule has 3 rings (SSSR count). The molecule has 0 amide bonds. The molecule has 110 valence electrons. The van der Waals surface area contributed by atoms with Crippen LogP contribution in [-0.4, -0.2) is 20.4 Å². The van der Waals surface area contributed by atoms with Crippen molar-refractivity contribution in [2.45, 2.75) is 6.92 Å². The number of rotatable bonds is 2. The average molecular weight is 293 g/mol. The second-order valence-electron chi connectivity index (χ2n) is 5.01. The summed E-state index contributed by atoms with van der Waals surface area (Å²) in [7, 11) is 1.69. The molecule has 0 saturated heterocycles. The molecule has 1 aromatic carbocycles. The van der Waals surface area contributed by atoms with E-state index in [4.69, 9.17) is 0 Å². The molecule has 2 aromatic heterocycles. The Morgan fingerprint density at radius 1 is 1.23 bits per heavy atom. The first-order chi connectivity index (χ1) is 10.6. The number of hydrogen-bond acceptors (Lipinski definition) is 4. The van der Waals surface area contributed by atoms with Gasteiger partial charge in [-0.1, -0.05) is 12.1 Å². The number of aromatic hydroxyl groups is 1. The van der Waals surface area contributed by atoms with E-state index >= 15 is 0 Å². The van der Waals surface area contributed by atoms with Gasteiger partial charge in [-0.2, -0.15) is 0 Å². The summed E-state index contributed by atoms with van der Waals surface area (Å²) < 4.78 is 1.52. The van der Waals surface area contributed by atoms with Crippen molar-refractivity contribution < 1.29 is 5.11 Å². The summed E-state index contributed by atoms with van der Waals surface area (Å²) in [5, 5.41) is 11.1. The summed E-state index contributed by atoms with van der Waals surface area (Å²) in [6.45, 7) is 1.71. The van der Waals surface area contributed by atoms with Crippen LogP contribution < -0.4 is 5.56 Å². The molecule has 5 nitrogen and oxygen atoms in total. The smallest absolute Gasteiger partial charge is 0.263 e. The van der Waals surface area contributed by atoms with E-state index in [1.54, 1.807) is 50.6 Å². The second-order valence-corrected chi connectivity index (χ2v) is 5.01. The van der Waals surface area contributed by atoms with Gasteiger partial charge in [-0.15, -0.1) is 0 Å². The number of aryl methyl sites for hydroxylation is 1. The molecule has 0 bridgehead atoms. The van der Waals surface area contributed by atoms with Crippen molar-refractivity contribution in [2.24, 2.45) is 12.0 Å². The summed E-state index contributed by atoms with van der Waals surface area (Å²) in [6, 6.07) is 10.8. The zero-order valence-corrected chi connectivity index (χ0v) is 12.3. The molecule has 0 atom stereocenters. The normalized spacial score (nSPS) is 11.8. The summed E-state index contributed by atoms with van der Waals surface area (Å²) in [6.07, 6.45) is 3.26. The molecule has 0 aliphatic rings. The van der Waals surface area contributed by atoms with Crippen LogP contribution in [0.5, 0.6) is 5.75 Å². The zero-order valence-electron chi connectivity index (χ0n) is 12.3. The van der Waals surface area contributed by atoms with Gasteiger partial charge in [-0.3, -0.25) is 14.8 Å². The van der Waals surface area contributed by atoms with Crippen molar-refractivity contribution >= 4 is 22.3 Å². The Kier molecular flexibility index (Phi) is 3.47. The van der Waals surface area contributed by atoms with Gasteiger partial charge in [0.1, 0.15) is 11.3 Å². The van der Waals surface area contributed by atoms with E-state index < -0.39 is 0 Å². The molecule has 22 heavy (non-hydrogen) atoms. The minimum absolute atomic E-state index is 0.0381. The first kappa shape index (κ1) is 14.0. The Labute approximate surface area is 127 Å². The maximum absolute atomic E-state index is 12.5. The highest BCUT2D eigenvalue weighted by molar-refractivity contribution is 6.06. The fraction of sp³-hybridized carbons (Fsp3) is 0.118. The highest BCUT2D eigenvalue weighted by atomic mass is 16.3. The number of aliphatic imine (C=N–C) groups is 1. The molecule has 0 aliphatic heterocycles. The maximum atomic E-state index is 12.5. The van der Waals surface area contributed by atoms with Gasteiger partial charge in [-0.25, -0.2) is 0 Å². The van der Waals surface area contributed by atoms with Crippen molar-refractivity contribution in [1.29, 1.82) is 0 Å². The predicted octanol–water partition coefficient (Wildman–Crippen LogP) is 2.78. The first-order valence-electron chi connectivity index (χ1n) is 6.86. The summed E-state index contributed by atoms with van der Waals surface area (Å²) in [5.74, 6) is -0.0381. The molecule has 5 heteroatoms. The molecule has 1 N–H and O–H groups in total. The number of para-hydroxylation sites is 1. The topological polar surface area (TPSA) is 67.5 Å². The van der Waals surface area contributed by atoms with Crippen LogP contribution in [-0.2, 0) is 7.05 Å². The molecule has 2 heterocycles. The van der Waals surface area contributed by atoms with Gasteiger partial charge in [0.05, 0.1) is 23.1 Å².